The zero-order chi connectivity index (χ0) is 18.5. The minimum Gasteiger partial charge on any atom is -0.465 e. The van der Waals surface area contributed by atoms with Crippen molar-refractivity contribution in [3.8, 4) is 0 Å². The van der Waals surface area contributed by atoms with Crippen LogP contribution in [0.5, 0.6) is 0 Å². The van der Waals surface area contributed by atoms with E-state index in [1.165, 1.54) is 24.2 Å². The summed E-state index contributed by atoms with van der Waals surface area (Å²) in [6.07, 6.45) is 3.86. The molecule has 1 amide bonds. The maximum atomic E-state index is 10.5. The Kier molecular flexibility index (Phi) is 5.99. The maximum absolute atomic E-state index is 10.5. The van der Waals surface area contributed by atoms with Gasteiger partial charge >= 0.3 is 6.09 Å². The number of benzene rings is 1. The molecule has 0 unspecified atom stereocenters. The van der Waals surface area contributed by atoms with Crippen LogP contribution in [0.4, 0.5) is 4.79 Å². The van der Waals surface area contributed by atoms with Gasteiger partial charge in [0.2, 0.25) is 0 Å². The van der Waals surface area contributed by atoms with Crippen molar-refractivity contribution in [1.82, 2.24) is 9.88 Å². The molecule has 1 aliphatic carbocycles. The number of nitrogens with zero attached hydrogens (tertiary/aromatic N) is 1. The number of ether oxygens (including phenoxy) is 1. The summed E-state index contributed by atoms with van der Waals surface area (Å²) >= 11 is 0. The highest BCUT2D eigenvalue weighted by Gasteiger charge is 2.24. The summed E-state index contributed by atoms with van der Waals surface area (Å²) in [5.74, 6) is 0. The Morgan fingerprint density at radius 1 is 1.04 bits per heavy atom. The molecule has 3 rings (SSSR count). The molecule has 0 bridgehead atoms. The second-order valence-corrected chi connectivity index (χ2v) is 7.20. The average Bonchev–Trinajstić information content (AvgIpc) is 2.98. The van der Waals surface area contributed by atoms with E-state index in [0.29, 0.717) is 25.3 Å². The van der Waals surface area contributed by atoms with E-state index < -0.39 is 6.09 Å². The normalized spacial score (nSPS) is 20.1. The molecule has 0 atom stereocenters. The Hall–Kier alpha value is -2.27. The van der Waals surface area contributed by atoms with Crippen molar-refractivity contribution in [3.63, 3.8) is 0 Å². The first-order chi connectivity index (χ1) is 12.5. The lowest BCUT2D eigenvalue weighted by atomic mass is 9.92. The van der Waals surface area contributed by atoms with Crippen molar-refractivity contribution in [2.24, 2.45) is 0 Å². The minimum absolute atomic E-state index is 0.329. The molecule has 0 radical (unpaired) electrons. The fourth-order valence-corrected chi connectivity index (χ4v) is 3.87. The van der Waals surface area contributed by atoms with Crippen molar-refractivity contribution < 1.29 is 14.6 Å². The van der Waals surface area contributed by atoms with E-state index >= 15 is 0 Å². The van der Waals surface area contributed by atoms with Crippen LogP contribution >= 0.6 is 0 Å². The first-order valence-corrected chi connectivity index (χ1v) is 9.33. The van der Waals surface area contributed by atoms with Crippen LogP contribution in [-0.2, 0) is 17.9 Å². The average molecular weight is 356 g/mol. The predicted octanol–water partition coefficient (Wildman–Crippen LogP) is 4.57. The first-order valence-electron chi connectivity index (χ1n) is 9.33. The molecule has 2 N–H and O–H groups in total. The molecular formula is C21H28N2O3. The third-order valence-electron chi connectivity index (χ3n) is 5.29. The van der Waals surface area contributed by atoms with Gasteiger partial charge in [0.1, 0.15) is 0 Å². The van der Waals surface area contributed by atoms with Crippen LogP contribution in [0.25, 0.3) is 0 Å². The molecule has 1 aromatic carbocycles. The molecule has 0 saturated heterocycles. The van der Waals surface area contributed by atoms with Crippen LogP contribution in [0.2, 0.25) is 0 Å². The molecule has 0 spiro atoms. The third-order valence-corrected chi connectivity index (χ3v) is 5.29. The third kappa shape index (κ3) is 4.67. The summed E-state index contributed by atoms with van der Waals surface area (Å²) in [6.45, 7) is 5.32. The summed E-state index contributed by atoms with van der Waals surface area (Å²) in [5.41, 5.74) is 4.78. The van der Waals surface area contributed by atoms with Crippen molar-refractivity contribution in [2.75, 3.05) is 0 Å². The van der Waals surface area contributed by atoms with Gasteiger partial charge in [-0.2, -0.15) is 0 Å². The molecular weight excluding hydrogens is 328 g/mol. The summed E-state index contributed by atoms with van der Waals surface area (Å²) in [7, 11) is 0. The second-order valence-electron chi connectivity index (χ2n) is 7.20. The van der Waals surface area contributed by atoms with Crippen LogP contribution in [0, 0.1) is 13.8 Å². The van der Waals surface area contributed by atoms with Gasteiger partial charge in [-0.25, -0.2) is 4.79 Å². The van der Waals surface area contributed by atoms with E-state index in [0.717, 1.165) is 24.0 Å². The van der Waals surface area contributed by atoms with Gasteiger partial charge in [-0.3, -0.25) is 0 Å². The molecule has 26 heavy (non-hydrogen) atoms. The lowest BCUT2D eigenvalue weighted by Crippen LogP contribution is -2.24. The highest BCUT2D eigenvalue weighted by atomic mass is 16.5. The molecule has 0 aliphatic heterocycles. The number of hydrogen-bond acceptors (Lipinski definition) is 2. The van der Waals surface area contributed by atoms with Crippen molar-refractivity contribution in [1.29, 1.82) is 0 Å². The number of carboxylic acid groups (broad SMARTS) is 1. The van der Waals surface area contributed by atoms with Gasteiger partial charge in [-0.15, -0.1) is 0 Å². The summed E-state index contributed by atoms with van der Waals surface area (Å²) in [5, 5.41) is 11.0. The molecule has 140 valence electrons. The molecule has 5 heteroatoms. The molecule has 1 heterocycles. The monoisotopic (exact) mass is 356 g/mol. The Morgan fingerprint density at radius 3 is 2.19 bits per heavy atom. The lowest BCUT2D eigenvalue weighted by molar-refractivity contribution is 0.00816. The number of aromatic nitrogens is 1. The number of amides is 1. The van der Waals surface area contributed by atoms with Gasteiger partial charge in [-0.05, 0) is 62.8 Å². The number of carbonyl (C=O) groups is 1. The standard InChI is InChI=1S/C21H28N2O3/c1-15-3-4-16(2)23(15)19-9-11-20(12-10-19)26-14-18-7-5-17(6-8-18)13-22-21(24)25/h3-8,19-20,22H,9-14H2,1-2H3,(H,24,25). The molecule has 5 nitrogen and oxygen atoms in total. The molecule has 2 aromatic rings. The Morgan fingerprint density at radius 2 is 1.62 bits per heavy atom. The summed E-state index contributed by atoms with van der Waals surface area (Å²) in [4.78, 5) is 10.5. The van der Waals surface area contributed by atoms with Crippen molar-refractivity contribution >= 4 is 6.09 Å². The SMILES string of the molecule is Cc1ccc(C)n1C1CCC(OCc2ccc(CNC(=O)O)cc2)CC1. The van der Waals surface area contributed by atoms with Crippen molar-refractivity contribution in [3.05, 3.63) is 58.9 Å². The molecule has 1 aliphatic rings. The Labute approximate surface area is 155 Å². The molecule has 1 saturated carbocycles. The lowest BCUT2D eigenvalue weighted by Gasteiger charge is -2.31. The molecule has 1 fully saturated rings. The number of nitrogens with one attached hydrogen (secondary N) is 1. The van der Waals surface area contributed by atoms with E-state index in [1.54, 1.807) is 0 Å². The highest BCUT2D eigenvalue weighted by molar-refractivity contribution is 5.64. The summed E-state index contributed by atoms with van der Waals surface area (Å²) in [6, 6.07) is 12.9. The van der Waals surface area contributed by atoms with Crippen molar-refractivity contribution in [2.45, 2.75) is 64.8 Å². The second kappa shape index (κ2) is 8.41. The predicted molar refractivity (Wildman–Crippen MR) is 101 cm³/mol. The van der Waals surface area contributed by atoms with E-state index in [1.807, 2.05) is 24.3 Å². The smallest absolute Gasteiger partial charge is 0.404 e. The van der Waals surface area contributed by atoms with Gasteiger partial charge in [-0.1, -0.05) is 24.3 Å². The first kappa shape index (κ1) is 18.5. The van der Waals surface area contributed by atoms with E-state index in [9.17, 15) is 4.79 Å². The highest BCUT2D eigenvalue weighted by Crippen LogP contribution is 2.32. The number of aryl methyl sites for hydroxylation is 2. The van der Waals surface area contributed by atoms with Crippen LogP contribution in [0.15, 0.2) is 36.4 Å². The van der Waals surface area contributed by atoms with Gasteiger partial charge in [0, 0.05) is 24.0 Å². The Balaban J connectivity index is 1.44. The fourth-order valence-electron chi connectivity index (χ4n) is 3.87. The van der Waals surface area contributed by atoms with Gasteiger partial charge in [0.25, 0.3) is 0 Å². The zero-order valence-electron chi connectivity index (χ0n) is 15.6. The van der Waals surface area contributed by atoms with Crippen LogP contribution in [-0.4, -0.2) is 21.9 Å². The topological polar surface area (TPSA) is 63.5 Å². The molecule has 1 aromatic heterocycles. The Bertz CT molecular complexity index is 709. The zero-order valence-corrected chi connectivity index (χ0v) is 15.6. The minimum atomic E-state index is -1.00. The fraction of sp³-hybridized carbons (Fsp3) is 0.476. The van der Waals surface area contributed by atoms with Crippen LogP contribution in [0.1, 0.15) is 54.2 Å². The van der Waals surface area contributed by atoms with E-state index in [4.69, 9.17) is 9.84 Å². The number of rotatable bonds is 6. The van der Waals surface area contributed by atoms with E-state index in [2.05, 4.69) is 35.9 Å². The maximum Gasteiger partial charge on any atom is 0.404 e. The van der Waals surface area contributed by atoms with Gasteiger partial charge in [0.05, 0.1) is 12.7 Å². The number of hydrogen-bond donors (Lipinski definition) is 2. The van der Waals surface area contributed by atoms with E-state index in [-0.39, 0.29) is 0 Å². The van der Waals surface area contributed by atoms with Gasteiger partial charge in [0.15, 0.2) is 0 Å². The van der Waals surface area contributed by atoms with Crippen LogP contribution in [0.3, 0.4) is 0 Å². The van der Waals surface area contributed by atoms with Crippen LogP contribution < -0.4 is 5.32 Å². The quantitative estimate of drug-likeness (QED) is 0.797. The largest absolute Gasteiger partial charge is 0.465 e. The van der Waals surface area contributed by atoms with Gasteiger partial charge < -0.3 is 19.7 Å². The summed E-state index contributed by atoms with van der Waals surface area (Å²) < 4.78 is 8.59.